The molecule has 0 radical (unpaired) electrons. The Morgan fingerprint density at radius 1 is 1.54 bits per heavy atom. The predicted molar refractivity (Wildman–Crippen MR) is 40.5 cm³/mol. The highest BCUT2D eigenvalue weighted by atomic mass is 19.1. The minimum absolute atomic E-state index is 0.368. The van der Waals surface area contributed by atoms with Crippen molar-refractivity contribution in [3.63, 3.8) is 0 Å². The zero-order chi connectivity index (χ0) is 10.1. The third-order valence-electron chi connectivity index (χ3n) is 2.00. The highest BCUT2D eigenvalue weighted by Gasteiger charge is 2.49. The Hall–Kier alpha value is -1.39. The second kappa shape index (κ2) is 3.16. The lowest BCUT2D eigenvalue weighted by Crippen LogP contribution is -2.13. The summed E-state index contributed by atoms with van der Waals surface area (Å²) in [5.41, 5.74) is -1.17. The van der Waals surface area contributed by atoms with Gasteiger partial charge in [-0.05, 0) is 18.9 Å². The van der Waals surface area contributed by atoms with Crippen LogP contribution >= 0.6 is 0 Å². The monoisotopic (exact) mass is 188 g/mol. The van der Waals surface area contributed by atoms with Gasteiger partial charge in [-0.15, -0.1) is 0 Å². The maximum atomic E-state index is 12.8. The summed E-state index contributed by atoms with van der Waals surface area (Å²) in [5.74, 6) is -3.37. The second-order valence-electron chi connectivity index (χ2n) is 2.95. The van der Waals surface area contributed by atoms with E-state index in [2.05, 4.69) is 4.74 Å². The quantitative estimate of drug-likeness (QED) is 0.527. The number of carboxylic acids is 1. The Morgan fingerprint density at radius 2 is 2.08 bits per heavy atom. The molecule has 0 bridgehead atoms. The van der Waals surface area contributed by atoms with Crippen molar-refractivity contribution in [3.05, 3.63) is 11.9 Å². The van der Waals surface area contributed by atoms with Crippen LogP contribution in [-0.2, 0) is 14.3 Å². The largest absolute Gasteiger partial charge is 0.481 e. The van der Waals surface area contributed by atoms with Gasteiger partial charge in [0.05, 0.1) is 12.5 Å². The molecule has 5 heteroatoms. The van der Waals surface area contributed by atoms with Crippen LogP contribution < -0.4 is 0 Å². The molecule has 0 atom stereocenters. The Kier molecular flexibility index (Phi) is 2.36. The first-order valence-corrected chi connectivity index (χ1v) is 3.72. The molecule has 0 spiro atoms. The first-order valence-electron chi connectivity index (χ1n) is 3.72. The van der Waals surface area contributed by atoms with Crippen molar-refractivity contribution in [2.45, 2.75) is 12.8 Å². The summed E-state index contributed by atoms with van der Waals surface area (Å²) in [6.45, 7) is 0. The lowest BCUT2D eigenvalue weighted by Gasteiger charge is -2.02. The highest BCUT2D eigenvalue weighted by molar-refractivity contribution is 5.89. The van der Waals surface area contributed by atoms with Gasteiger partial charge in [-0.2, -0.15) is 4.39 Å². The van der Waals surface area contributed by atoms with Gasteiger partial charge in [0.15, 0.2) is 0 Å². The first-order chi connectivity index (χ1) is 6.02. The van der Waals surface area contributed by atoms with E-state index in [1.165, 1.54) is 0 Å². The van der Waals surface area contributed by atoms with Gasteiger partial charge in [0.25, 0.3) is 0 Å². The van der Waals surface area contributed by atoms with Crippen LogP contribution in [0.25, 0.3) is 0 Å². The maximum absolute atomic E-state index is 12.8. The normalized spacial score (nSPS) is 19.4. The van der Waals surface area contributed by atoms with Gasteiger partial charge in [0.2, 0.25) is 5.83 Å². The number of rotatable bonds is 3. The van der Waals surface area contributed by atoms with Crippen LogP contribution in [0.1, 0.15) is 12.8 Å². The molecule has 72 valence electrons. The summed E-state index contributed by atoms with van der Waals surface area (Å²) in [7, 11) is 1.04. The fraction of sp³-hybridized carbons (Fsp3) is 0.500. The van der Waals surface area contributed by atoms with Crippen molar-refractivity contribution in [1.82, 2.24) is 0 Å². The molecule has 1 aliphatic rings. The molecular formula is C8H9FO4. The number of hydrogen-bond acceptors (Lipinski definition) is 3. The molecular weight excluding hydrogens is 179 g/mol. The fourth-order valence-electron chi connectivity index (χ4n) is 0.954. The molecule has 0 saturated heterocycles. The van der Waals surface area contributed by atoms with E-state index in [-0.39, 0.29) is 0 Å². The molecule has 0 heterocycles. The molecule has 0 aromatic carbocycles. The van der Waals surface area contributed by atoms with E-state index >= 15 is 0 Å². The van der Waals surface area contributed by atoms with Crippen LogP contribution in [0.3, 0.4) is 0 Å². The van der Waals surface area contributed by atoms with E-state index in [0.29, 0.717) is 12.8 Å². The molecule has 0 aromatic heterocycles. The van der Waals surface area contributed by atoms with Crippen molar-refractivity contribution in [3.8, 4) is 0 Å². The second-order valence-corrected chi connectivity index (χ2v) is 2.95. The zero-order valence-corrected chi connectivity index (χ0v) is 7.04. The van der Waals surface area contributed by atoms with Crippen LogP contribution in [0, 0.1) is 5.41 Å². The number of esters is 1. The maximum Gasteiger partial charge on any atom is 0.366 e. The average molecular weight is 188 g/mol. The van der Waals surface area contributed by atoms with Crippen LogP contribution in [0.4, 0.5) is 4.39 Å². The molecule has 1 aliphatic carbocycles. The van der Waals surface area contributed by atoms with Crippen molar-refractivity contribution >= 4 is 11.9 Å². The minimum atomic E-state index is -1.17. The molecule has 0 aromatic rings. The number of halogens is 1. The summed E-state index contributed by atoms with van der Waals surface area (Å²) >= 11 is 0. The number of carbonyl (C=O) groups excluding carboxylic acids is 1. The Morgan fingerprint density at radius 3 is 2.38 bits per heavy atom. The van der Waals surface area contributed by atoms with E-state index in [9.17, 15) is 14.0 Å². The average Bonchev–Trinajstić information content (AvgIpc) is 2.84. The van der Waals surface area contributed by atoms with Gasteiger partial charge in [0, 0.05) is 0 Å². The van der Waals surface area contributed by atoms with E-state index in [1.807, 2.05) is 0 Å². The van der Waals surface area contributed by atoms with E-state index < -0.39 is 23.2 Å². The summed E-state index contributed by atoms with van der Waals surface area (Å²) in [4.78, 5) is 21.1. The van der Waals surface area contributed by atoms with Crippen molar-refractivity contribution in [2.24, 2.45) is 5.41 Å². The van der Waals surface area contributed by atoms with Gasteiger partial charge < -0.3 is 9.84 Å². The van der Waals surface area contributed by atoms with Crippen LogP contribution in [0.15, 0.2) is 11.9 Å². The van der Waals surface area contributed by atoms with Crippen LogP contribution in [0.2, 0.25) is 0 Å². The van der Waals surface area contributed by atoms with Crippen LogP contribution in [-0.4, -0.2) is 24.2 Å². The Bertz CT molecular complexity index is 278. The zero-order valence-electron chi connectivity index (χ0n) is 7.04. The number of hydrogen-bond donors (Lipinski definition) is 1. The van der Waals surface area contributed by atoms with Crippen molar-refractivity contribution < 1.29 is 23.8 Å². The van der Waals surface area contributed by atoms with Crippen molar-refractivity contribution in [1.29, 1.82) is 0 Å². The molecule has 1 fully saturated rings. The number of ether oxygens (including phenoxy) is 1. The highest BCUT2D eigenvalue weighted by Crippen LogP contribution is 2.48. The number of methoxy groups -OCH3 is 1. The van der Waals surface area contributed by atoms with Crippen LogP contribution in [0.5, 0.6) is 0 Å². The molecule has 4 nitrogen and oxygen atoms in total. The molecule has 1 rings (SSSR count). The Balaban J connectivity index is 2.76. The lowest BCUT2D eigenvalue weighted by molar-refractivity contribution is -0.141. The number of carbonyl (C=O) groups is 2. The Labute approximate surface area is 74.0 Å². The van der Waals surface area contributed by atoms with Crippen molar-refractivity contribution in [2.75, 3.05) is 7.11 Å². The molecule has 0 unspecified atom stereocenters. The van der Waals surface area contributed by atoms with Gasteiger partial charge >= 0.3 is 11.9 Å². The van der Waals surface area contributed by atoms with E-state index in [4.69, 9.17) is 5.11 Å². The standard InChI is InChI=1S/C8H9FO4/c1-13-6(10)5(9)4-8(2-3-8)7(11)12/h4H,2-3H2,1H3,(H,11,12). The first kappa shape index (κ1) is 9.70. The van der Waals surface area contributed by atoms with Gasteiger partial charge in [-0.25, -0.2) is 4.79 Å². The smallest absolute Gasteiger partial charge is 0.366 e. The molecule has 1 N–H and O–H groups in total. The third kappa shape index (κ3) is 1.85. The molecule has 0 aliphatic heterocycles. The number of carboxylic acid groups (broad SMARTS) is 1. The van der Waals surface area contributed by atoms with Gasteiger partial charge in [0.1, 0.15) is 0 Å². The van der Waals surface area contributed by atoms with E-state index in [1.54, 1.807) is 0 Å². The molecule has 13 heavy (non-hydrogen) atoms. The SMILES string of the molecule is COC(=O)C(F)=CC1(C(=O)O)CC1. The number of aliphatic carboxylic acids is 1. The summed E-state index contributed by atoms with van der Waals surface area (Å²) < 4.78 is 16.9. The molecule has 1 saturated carbocycles. The van der Waals surface area contributed by atoms with E-state index in [0.717, 1.165) is 13.2 Å². The fourth-order valence-corrected chi connectivity index (χ4v) is 0.954. The lowest BCUT2D eigenvalue weighted by atomic mass is 10.1. The summed E-state index contributed by atoms with van der Waals surface area (Å²) in [5, 5.41) is 8.64. The molecule has 0 amide bonds. The summed E-state index contributed by atoms with van der Waals surface area (Å²) in [6.07, 6.45) is 1.56. The topological polar surface area (TPSA) is 63.6 Å². The van der Waals surface area contributed by atoms with Gasteiger partial charge in [-0.3, -0.25) is 4.79 Å². The minimum Gasteiger partial charge on any atom is -0.481 e. The van der Waals surface area contributed by atoms with Gasteiger partial charge in [-0.1, -0.05) is 0 Å². The predicted octanol–water partition coefficient (Wildman–Crippen LogP) is 0.878. The summed E-state index contributed by atoms with van der Waals surface area (Å²) in [6, 6.07) is 0. The third-order valence-corrected chi connectivity index (χ3v) is 2.00.